The maximum atomic E-state index is 13.0. The van der Waals surface area contributed by atoms with Crippen LogP contribution in [0.3, 0.4) is 0 Å². The third-order valence-electron chi connectivity index (χ3n) is 2.30. The van der Waals surface area contributed by atoms with E-state index in [0.29, 0.717) is 12.2 Å². The van der Waals surface area contributed by atoms with Gasteiger partial charge in [-0.25, -0.2) is 4.39 Å². The molecule has 4 nitrogen and oxygen atoms in total. The van der Waals surface area contributed by atoms with Gasteiger partial charge >= 0.3 is 0 Å². The van der Waals surface area contributed by atoms with Gasteiger partial charge in [0.25, 0.3) is 0 Å². The van der Waals surface area contributed by atoms with Gasteiger partial charge in [0.15, 0.2) is 0 Å². The van der Waals surface area contributed by atoms with Crippen molar-refractivity contribution in [1.82, 2.24) is 0 Å². The second-order valence-electron chi connectivity index (χ2n) is 3.42. The Morgan fingerprint density at radius 2 is 2.35 bits per heavy atom. The van der Waals surface area contributed by atoms with E-state index >= 15 is 0 Å². The molecule has 0 spiro atoms. The summed E-state index contributed by atoms with van der Waals surface area (Å²) in [7, 11) is 1.42. The van der Waals surface area contributed by atoms with Crippen molar-refractivity contribution in [2.24, 2.45) is 5.92 Å². The maximum Gasteiger partial charge on any atom is 0.241 e. The van der Waals surface area contributed by atoms with E-state index in [4.69, 9.17) is 10.00 Å². The largest absolute Gasteiger partial charge is 0.495 e. The second-order valence-corrected chi connectivity index (χ2v) is 3.42. The number of benzene rings is 1. The number of halogens is 1. The fourth-order valence-electron chi connectivity index (χ4n) is 1.33. The Morgan fingerprint density at radius 1 is 1.65 bits per heavy atom. The van der Waals surface area contributed by atoms with Crippen molar-refractivity contribution in [3.8, 4) is 11.8 Å². The van der Waals surface area contributed by atoms with Crippen molar-refractivity contribution in [3.05, 3.63) is 24.0 Å². The fourth-order valence-corrected chi connectivity index (χ4v) is 1.33. The Hall–Kier alpha value is -2.09. The first-order valence-electron chi connectivity index (χ1n) is 5.16. The SMILES string of the molecule is CCC(C#N)C(=O)Nc1cc(F)ccc1OC. The summed E-state index contributed by atoms with van der Waals surface area (Å²) >= 11 is 0. The highest BCUT2D eigenvalue weighted by Gasteiger charge is 2.17. The van der Waals surface area contributed by atoms with E-state index in [1.165, 1.54) is 19.2 Å². The first-order valence-corrected chi connectivity index (χ1v) is 5.16. The lowest BCUT2D eigenvalue weighted by Crippen LogP contribution is -2.21. The molecular formula is C12H13FN2O2. The summed E-state index contributed by atoms with van der Waals surface area (Å²) in [4.78, 5) is 11.6. The standard InChI is InChI=1S/C12H13FN2O2/c1-3-8(7-14)12(16)15-10-6-9(13)4-5-11(10)17-2/h4-6,8H,3H2,1-2H3,(H,15,16). The Balaban J connectivity index is 2.91. The zero-order valence-corrected chi connectivity index (χ0v) is 9.66. The molecule has 1 rings (SSSR count). The van der Waals surface area contributed by atoms with Crippen molar-refractivity contribution in [1.29, 1.82) is 5.26 Å². The average molecular weight is 236 g/mol. The van der Waals surface area contributed by atoms with Crippen molar-refractivity contribution in [2.45, 2.75) is 13.3 Å². The van der Waals surface area contributed by atoms with Crippen molar-refractivity contribution < 1.29 is 13.9 Å². The number of carbonyl (C=O) groups excluding carboxylic acids is 1. The van der Waals surface area contributed by atoms with Crippen LogP contribution in [0.4, 0.5) is 10.1 Å². The number of hydrogen-bond acceptors (Lipinski definition) is 3. The molecule has 1 atom stereocenters. The van der Waals surface area contributed by atoms with E-state index in [2.05, 4.69) is 5.32 Å². The summed E-state index contributed by atoms with van der Waals surface area (Å²) in [6.45, 7) is 1.73. The van der Waals surface area contributed by atoms with Gasteiger partial charge in [-0.1, -0.05) is 6.92 Å². The highest BCUT2D eigenvalue weighted by molar-refractivity contribution is 5.95. The lowest BCUT2D eigenvalue weighted by atomic mass is 10.1. The van der Waals surface area contributed by atoms with Crippen molar-refractivity contribution in [3.63, 3.8) is 0 Å². The normalized spacial score (nSPS) is 11.4. The molecule has 0 bridgehead atoms. The van der Waals surface area contributed by atoms with Crippen LogP contribution in [0.2, 0.25) is 0 Å². The molecule has 0 aliphatic heterocycles. The Labute approximate surface area is 99.0 Å². The zero-order valence-electron chi connectivity index (χ0n) is 9.66. The van der Waals surface area contributed by atoms with Crippen LogP contribution in [0.1, 0.15) is 13.3 Å². The summed E-state index contributed by atoms with van der Waals surface area (Å²) < 4.78 is 18.0. The third-order valence-corrected chi connectivity index (χ3v) is 2.30. The smallest absolute Gasteiger partial charge is 0.241 e. The van der Waals surface area contributed by atoms with Gasteiger partial charge < -0.3 is 10.1 Å². The molecule has 1 aromatic carbocycles. The molecule has 0 saturated carbocycles. The summed E-state index contributed by atoms with van der Waals surface area (Å²) in [5.41, 5.74) is 0.228. The number of nitriles is 1. The molecule has 0 fully saturated rings. The van der Waals surface area contributed by atoms with Gasteiger partial charge in [0.2, 0.25) is 5.91 Å². The minimum atomic E-state index is -0.747. The van der Waals surface area contributed by atoms with Crippen LogP contribution >= 0.6 is 0 Å². The molecular weight excluding hydrogens is 223 g/mol. The van der Waals surface area contributed by atoms with Gasteiger partial charge in [-0.15, -0.1) is 0 Å². The predicted molar refractivity (Wildman–Crippen MR) is 61.0 cm³/mol. The number of carbonyl (C=O) groups is 1. The fraction of sp³-hybridized carbons (Fsp3) is 0.333. The van der Waals surface area contributed by atoms with Crippen LogP contribution in [0.5, 0.6) is 5.75 Å². The van der Waals surface area contributed by atoms with E-state index in [0.717, 1.165) is 6.07 Å². The minimum Gasteiger partial charge on any atom is -0.495 e. The van der Waals surface area contributed by atoms with Gasteiger partial charge in [-0.3, -0.25) is 4.79 Å². The predicted octanol–water partition coefficient (Wildman–Crippen LogP) is 2.32. The topological polar surface area (TPSA) is 62.1 Å². The van der Waals surface area contributed by atoms with Crippen LogP contribution in [0.25, 0.3) is 0 Å². The van der Waals surface area contributed by atoms with E-state index in [-0.39, 0.29) is 5.69 Å². The number of nitrogens with one attached hydrogen (secondary N) is 1. The van der Waals surface area contributed by atoms with Crippen LogP contribution in [-0.4, -0.2) is 13.0 Å². The molecule has 1 unspecified atom stereocenters. The van der Waals surface area contributed by atoms with E-state index in [1.54, 1.807) is 6.92 Å². The molecule has 0 heterocycles. The van der Waals surface area contributed by atoms with Crippen LogP contribution in [0, 0.1) is 23.1 Å². The molecule has 17 heavy (non-hydrogen) atoms. The van der Waals surface area contributed by atoms with Crippen molar-refractivity contribution >= 4 is 11.6 Å². The molecule has 1 N–H and O–H groups in total. The number of anilines is 1. The number of amides is 1. The highest BCUT2D eigenvalue weighted by atomic mass is 19.1. The summed E-state index contributed by atoms with van der Waals surface area (Å²) in [6, 6.07) is 5.68. The van der Waals surface area contributed by atoms with Crippen LogP contribution in [0.15, 0.2) is 18.2 Å². The summed E-state index contributed by atoms with van der Waals surface area (Å²) in [5.74, 6) is -1.33. The summed E-state index contributed by atoms with van der Waals surface area (Å²) in [5, 5.41) is 11.2. The molecule has 0 aliphatic rings. The van der Waals surface area contributed by atoms with Crippen LogP contribution < -0.4 is 10.1 Å². The van der Waals surface area contributed by atoms with E-state index in [1.807, 2.05) is 6.07 Å². The summed E-state index contributed by atoms with van der Waals surface area (Å²) in [6.07, 6.45) is 0.403. The molecule has 5 heteroatoms. The van der Waals surface area contributed by atoms with E-state index < -0.39 is 17.6 Å². The number of methoxy groups -OCH3 is 1. The lowest BCUT2D eigenvalue weighted by Gasteiger charge is -2.11. The van der Waals surface area contributed by atoms with Gasteiger partial charge in [0, 0.05) is 6.07 Å². The highest BCUT2D eigenvalue weighted by Crippen LogP contribution is 2.25. The molecule has 1 aromatic rings. The molecule has 90 valence electrons. The lowest BCUT2D eigenvalue weighted by molar-refractivity contribution is -0.118. The minimum absolute atomic E-state index is 0.228. The molecule has 0 radical (unpaired) electrons. The molecule has 1 amide bonds. The average Bonchev–Trinajstić information content (AvgIpc) is 2.31. The van der Waals surface area contributed by atoms with Crippen molar-refractivity contribution in [2.75, 3.05) is 12.4 Å². The monoisotopic (exact) mass is 236 g/mol. The number of nitrogens with zero attached hydrogens (tertiary/aromatic N) is 1. The van der Waals surface area contributed by atoms with Gasteiger partial charge in [0.05, 0.1) is 18.9 Å². The Bertz CT molecular complexity index is 454. The Kier molecular flexibility index (Phi) is 4.46. The van der Waals surface area contributed by atoms with Crippen LogP contribution in [-0.2, 0) is 4.79 Å². The van der Waals surface area contributed by atoms with Gasteiger partial charge in [0.1, 0.15) is 17.5 Å². The Morgan fingerprint density at radius 3 is 2.88 bits per heavy atom. The van der Waals surface area contributed by atoms with Gasteiger partial charge in [-0.2, -0.15) is 5.26 Å². The number of hydrogen-bond donors (Lipinski definition) is 1. The van der Waals surface area contributed by atoms with E-state index in [9.17, 15) is 9.18 Å². The second kappa shape index (κ2) is 5.85. The zero-order chi connectivity index (χ0) is 12.8. The first kappa shape index (κ1) is 13.0. The molecule has 0 aliphatic carbocycles. The number of rotatable bonds is 4. The molecule has 0 aromatic heterocycles. The molecule has 0 saturated heterocycles. The quantitative estimate of drug-likeness (QED) is 0.872. The number of ether oxygens (including phenoxy) is 1. The third kappa shape index (κ3) is 3.18. The first-order chi connectivity index (χ1) is 8.12. The van der Waals surface area contributed by atoms with Gasteiger partial charge in [-0.05, 0) is 18.6 Å². The maximum absolute atomic E-state index is 13.0.